The molecule has 0 atom stereocenters. The van der Waals surface area contributed by atoms with Crippen molar-refractivity contribution in [1.29, 1.82) is 0 Å². The second-order valence-corrected chi connectivity index (χ2v) is 13.9. The van der Waals surface area contributed by atoms with Crippen LogP contribution in [-0.2, 0) is 24.9 Å². The Morgan fingerprint density at radius 1 is 0.286 bits per heavy atom. The van der Waals surface area contributed by atoms with Crippen LogP contribution in [0.5, 0.6) is 0 Å². The van der Waals surface area contributed by atoms with Gasteiger partial charge in [0.05, 0.1) is 15.8 Å². The summed E-state index contributed by atoms with van der Waals surface area (Å²) in [4.78, 5) is 7.75. The molecular weight excluding hydrogens is 727 g/mol. The van der Waals surface area contributed by atoms with Gasteiger partial charge in [-0.3, -0.25) is 6.79 Å². The number of benzene rings is 6. The summed E-state index contributed by atoms with van der Waals surface area (Å²) in [6.07, 6.45) is 0. The normalized spacial score (nSPS) is 9.67. The van der Waals surface area contributed by atoms with Crippen LogP contribution in [0, 0.1) is 7.43 Å². The molecule has 0 fully saturated rings. The third-order valence-corrected chi connectivity index (χ3v) is 11.8. The summed E-state index contributed by atoms with van der Waals surface area (Å²) in [6.45, 7) is 3.25. The summed E-state index contributed by atoms with van der Waals surface area (Å²) in [5, 5.41) is 8.61. The van der Waals surface area contributed by atoms with Crippen molar-refractivity contribution in [3.63, 3.8) is 0 Å². The minimum atomic E-state index is -0.877. The molecule has 0 saturated carbocycles. The Hall–Kier alpha value is -3.50. The third-order valence-electron chi connectivity index (χ3n) is 6.37. The van der Waals surface area contributed by atoms with E-state index in [1.54, 1.807) is 0 Å². The summed E-state index contributed by atoms with van der Waals surface area (Å²) < 4.78 is 0. The molecule has 0 bridgehead atoms. The number of hydrogen-bond acceptors (Lipinski definition) is 1. The number of hydrogen-bond donors (Lipinski definition) is 0. The van der Waals surface area contributed by atoms with E-state index in [1.165, 1.54) is 31.8 Å². The van der Waals surface area contributed by atoms with Crippen molar-refractivity contribution in [2.45, 2.75) is 0 Å². The Morgan fingerprint density at radius 3 is 0.524 bits per heavy atom. The SMILES string of the molecule is [CH-]=O.[CH3-].[IrH+2].c1ccc([PH+](c2ccccc2)c2ccccc2)cc1.c1ccc([PH+](c2ccccc2)c2ccccc2)cc1. The smallest absolute Gasteiger partial charge is 0.0620 e. The minimum absolute atomic E-state index is 0. The van der Waals surface area contributed by atoms with Crippen molar-refractivity contribution in [3.8, 4) is 0 Å². The Balaban J connectivity index is 0.000000265. The van der Waals surface area contributed by atoms with Crippen LogP contribution in [0.15, 0.2) is 182 Å². The van der Waals surface area contributed by atoms with E-state index in [2.05, 4.69) is 189 Å². The van der Waals surface area contributed by atoms with Gasteiger partial charge in [0, 0.05) is 0 Å². The molecule has 0 spiro atoms. The van der Waals surface area contributed by atoms with Gasteiger partial charge in [0.25, 0.3) is 0 Å². The summed E-state index contributed by atoms with van der Waals surface area (Å²) in [5.41, 5.74) is 0. The molecule has 0 aromatic heterocycles. The minimum Gasteiger partial charge on any atom is -0.0620 e. The standard InChI is InChI=1S/2C18H15P.CHO.CH3.Ir.H/c2*1-4-10-16(11-5-1)19(17-12-6-2-7-13-17)18-14-8-3-9-15-18;1-2;;;/h2*1-15H;1H;1H3;;/q;;2*-1;+2;/p+2. The largest absolute Gasteiger partial charge is 0.102 e. The van der Waals surface area contributed by atoms with Crippen LogP contribution < -0.4 is 31.8 Å². The van der Waals surface area contributed by atoms with Crippen LogP contribution in [-0.4, -0.2) is 6.79 Å². The average molecular weight is 764 g/mol. The zero-order valence-corrected chi connectivity index (χ0v) is 28.2. The molecule has 1 radical (unpaired) electrons. The zero-order valence-electron chi connectivity index (χ0n) is 23.7. The Labute approximate surface area is 267 Å². The van der Waals surface area contributed by atoms with Crippen LogP contribution in [0.1, 0.15) is 0 Å². The van der Waals surface area contributed by atoms with E-state index in [1.807, 2.05) is 0 Å². The first kappa shape index (κ1) is 34.7. The van der Waals surface area contributed by atoms with E-state index in [-0.39, 0.29) is 27.5 Å². The predicted octanol–water partition coefficient (Wildman–Crippen LogP) is 6.26. The predicted molar refractivity (Wildman–Crippen MR) is 188 cm³/mol. The molecule has 42 heavy (non-hydrogen) atoms. The quantitative estimate of drug-likeness (QED) is 0.111. The van der Waals surface area contributed by atoms with Gasteiger partial charge in [-0.1, -0.05) is 109 Å². The first-order valence-corrected chi connectivity index (χ1v) is 16.2. The van der Waals surface area contributed by atoms with E-state index in [9.17, 15) is 0 Å². The fourth-order valence-electron chi connectivity index (χ4n) is 4.63. The van der Waals surface area contributed by atoms with E-state index in [0.29, 0.717) is 0 Å². The van der Waals surface area contributed by atoms with Gasteiger partial charge in [0.15, 0.2) is 0 Å². The van der Waals surface area contributed by atoms with Gasteiger partial charge in [-0.25, -0.2) is 0 Å². The fourth-order valence-corrected chi connectivity index (χ4v) is 9.78. The maximum Gasteiger partial charge on any atom is 0.102 e. The topological polar surface area (TPSA) is 17.1 Å². The molecule has 6 rings (SSSR count). The van der Waals surface area contributed by atoms with Crippen LogP contribution >= 0.6 is 15.8 Å². The Kier molecular flexibility index (Phi) is 16.2. The third kappa shape index (κ3) is 9.80. The van der Waals surface area contributed by atoms with Gasteiger partial charge in [0.2, 0.25) is 0 Å². The second-order valence-electron chi connectivity index (χ2n) is 8.95. The van der Waals surface area contributed by atoms with Gasteiger partial charge in [-0.05, 0) is 72.8 Å². The fraction of sp³-hybridized carbons (Fsp3) is 0. The molecular formula is C38H37IrOP2+2. The maximum absolute atomic E-state index is 7.75. The van der Waals surface area contributed by atoms with E-state index >= 15 is 0 Å². The first-order valence-electron chi connectivity index (χ1n) is 13.2. The van der Waals surface area contributed by atoms with Crippen molar-refractivity contribution in [2.24, 2.45) is 0 Å². The van der Waals surface area contributed by atoms with Gasteiger partial charge in [-0.15, -0.1) is 0 Å². The van der Waals surface area contributed by atoms with Crippen molar-refractivity contribution >= 4 is 54.5 Å². The van der Waals surface area contributed by atoms with E-state index in [4.69, 9.17) is 4.79 Å². The van der Waals surface area contributed by atoms with Crippen molar-refractivity contribution < 1.29 is 24.9 Å². The van der Waals surface area contributed by atoms with Crippen LogP contribution in [0.25, 0.3) is 0 Å². The average Bonchev–Trinajstić information content (AvgIpc) is 3.06. The molecule has 6 aromatic rings. The van der Waals surface area contributed by atoms with Gasteiger partial charge in [-0.2, -0.15) is 0 Å². The molecule has 212 valence electrons. The van der Waals surface area contributed by atoms with Crippen molar-refractivity contribution in [2.75, 3.05) is 0 Å². The van der Waals surface area contributed by atoms with Crippen LogP contribution in [0.2, 0.25) is 0 Å². The molecule has 4 heteroatoms. The molecule has 6 aromatic carbocycles. The summed E-state index contributed by atoms with van der Waals surface area (Å²) >= 11 is 0. The Bertz CT molecular complexity index is 1200. The summed E-state index contributed by atoms with van der Waals surface area (Å²) in [7, 11) is -1.75. The molecule has 0 amide bonds. The van der Waals surface area contributed by atoms with E-state index in [0.717, 1.165) is 0 Å². The molecule has 0 N–H and O–H groups in total. The van der Waals surface area contributed by atoms with Crippen LogP contribution in [0.4, 0.5) is 0 Å². The van der Waals surface area contributed by atoms with Crippen molar-refractivity contribution in [1.82, 2.24) is 0 Å². The first-order chi connectivity index (χ1) is 19.9. The van der Waals surface area contributed by atoms with Crippen molar-refractivity contribution in [3.05, 3.63) is 189 Å². The number of rotatable bonds is 6. The van der Waals surface area contributed by atoms with Crippen LogP contribution in [0.3, 0.4) is 0 Å². The molecule has 0 unspecified atom stereocenters. The molecule has 0 aliphatic heterocycles. The second kappa shape index (κ2) is 19.6. The molecule has 0 aliphatic rings. The Morgan fingerprint density at radius 2 is 0.405 bits per heavy atom. The maximum atomic E-state index is 7.75. The summed E-state index contributed by atoms with van der Waals surface area (Å²) in [6, 6.07) is 65.0. The molecule has 0 heterocycles. The molecule has 0 saturated heterocycles. The number of carbonyl (C=O) groups excluding carboxylic acids is 1. The van der Waals surface area contributed by atoms with Gasteiger partial charge >= 0.3 is 20.1 Å². The molecule has 0 aliphatic carbocycles. The molecule has 1 nitrogen and oxygen atoms in total. The van der Waals surface area contributed by atoms with Gasteiger partial charge < -0.3 is 12.2 Å². The summed E-state index contributed by atoms with van der Waals surface area (Å²) in [5.74, 6) is 0. The monoisotopic (exact) mass is 764 g/mol. The van der Waals surface area contributed by atoms with E-state index < -0.39 is 15.8 Å². The zero-order chi connectivity index (χ0) is 27.8. The van der Waals surface area contributed by atoms with Gasteiger partial charge in [0.1, 0.15) is 31.8 Å².